The van der Waals surface area contributed by atoms with Crippen molar-refractivity contribution in [3.05, 3.63) is 48.3 Å². The van der Waals surface area contributed by atoms with Crippen LogP contribution in [0.5, 0.6) is 5.75 Å². The fourth-order valence-corrected chi connectivity index (χ4v) is 2.71. The summed E-state index contributed by atoms with van der Waals surface area (Å²) in [4.78, 5) is 29.0. The Morgan fingerprint density at radius 1 is 1.13 bits per heavy atom. The zero-order valence-electron chi connectivity index (χ0n) is 16.5. The smallest absolute Gasteiger partial charge is 0.387 e. The molecule has 1 aromatic carbocycles. The van der Waals surface area contributed by atoms with Gasteiger partial charge in [0.2, 0.25) is 0 Å². The number of anilines is 1. The van der Waals surface area contributed by atoms with E-state index in [-0.39, 0.29) is 23.0 Å². The number of ether oxygens (including phenoxy) is 2. The number of halogens is 2. The van der Waals surface area contributed by atoms with Gasteiger partial charge in [-0.1, -0.05) is 12.1 Å². The van der Waals surface area contributed by atoms with E-state index < -0.39 is 24.6 Å². The number of aromatic nitrogens is 3. The average molecular weight is 418 g/mol. The second-order valence-corrected chi connectivity index (χ2v) is 6.73. The SMILES string of the molecule is CC(OC(=O)c1cnc2c(cnn2C(C)C)c1)C(=O)Nc1ccccc1OC(F)F. The first-order chi connectivity index (χ1) is 14.3. The Balaban J connectivity index is 1.68. The minimum Gasteiger partial charge on any atom is -0.449 e. The molecule has 0 spiro atoms. The minimum absolute atomic E-state index is 0.0369. The van der Waals surface area contributed by atoms with Crippen molar-refractivity contribution in [2.75, 3.05) is 5.32 Å². The van der Waals surface area contributed by atoms with Crippen LogP contribution in [0.1, 0.15) is 37.2 Å². The van der Waals surface area contributed by atoms with Gasteiger partial charge >= 0.3 is 12.6 Å². The van der Waals surface area contributed by atoms with Gasteiger partial charge in [0.05, 0.1) is 17.4 Å². The summed E-state index contributed by atoms with van der Waals surface area (Å²) >= 11 is 0. The van der Waals surface area contributed by atoms with Crippen LogP contribution in [0, 0.1) is 0 Å². The van der Waals surface area contributed by atoms with Crippen molar-refractivity contribution in [3.8, 4) is 5.75 Å². The van der Waals surface area contributed by atoms with E-state index in [1.807, 2.05) is 13.8 Å². The Kier molecular flexibility index (Phi) is 6.24. The van der Waals surface area contributed by atoms with E-state index in [2.05, 4.69) is 20.1 Å². The van der Waals surface area contributed by atoms with Crippen LogP contribution in [0.25, 0.3) is 11.0 Å². The Morgan fingerprint density at radius 3 is 2.57 bits per heavy atom. The third-order valence-corrected chi connectivity index (χ3v) is 4.17. The molecule has 158 valence electrons. The Morgan fingerprint density at radius 2 is 1.87 bits per heavy atom. The summed E-state index contributed by atoms with van der Waals surface area (Å²) in [6, 6.07) is 7.40. The standard InChI is InChI=1S/C20H20F2N4O4/c1-11(2)26-17-13(10-24-26)8-14(9-23-17)19(28)29-12(3)18(27)25-15-6-4-5-7-16(15)30-20(21)22/h4-12,20H,1-3H3,(H,25,27). The fourth-order valence-electron chi connectivity index (χ4n) is 2.71. The Bertz CT molecular complexity index is 1070. The van der Waals surface area contributed by atoms with Crippen LogP contribution in [-0.4, -0.2) is 39.4 Å². The van der Waals surface area contributed by atoms with Crippen molar-refractivity contribution in [2.24, 2.45) is 0 Å². The number of rotatable bonds is 7. The summed E-state index contributed by atoms with van der Waals surface area (Å²) in [6.07, 6.45) is 1.75. The quantitative estimate of drug-likeness (QED) is 0.587. The van der Waals surface area contributed by atoms with E-state index in [9.17, 15) is 18.4 Å². The Labute approximate surface area is 170 Å². The molecular weight excluding hydrogens is 398 g/mol. The van der Waals surface area contributed by atoms with Gasteiger partial charge in [0, 0.05) is 17.6 Å². The van der Waals surface area contributed by atoms with Gasteiger partial charge in [0.1, 0.15) is 5.75 Å². The molecule has 1 N–H and O–H groups in total. The van der Waals surface area contributed by atoms with Gasteiger partial charge in [-0.2, -0.15) is 13.9 Å². The molecule has 0 fully saturated rings. The number of nitrogens with zero attached hydrogens (tertiary/aromatic N) is 3. The molecule has 0 aliphatic heterocycles. The van der Waals surface area contributed by atoms with E-state index in [4.69, 9.17) is 4.74 Å². The monoisotopic (exact) mass is 418 g/mol. The summed E-state index contributed by atoms with van der Waals surface area (Å²) in [5.74, 6) is -1.65. The third-order valence-electron chi connectivity index (χ3n) is 4.17. The number of amides is 1. The first kappa shape index (κ1) is 21.2. The third kappa shape index (κ3) is 4.70. The number of esters is 1. The Hall–Kier alpha value is -3.56. The second kappa shape index (κ2) is 8.85. The number of fused-ring (bicyclic) bond motifs is 1. The van der Waals surface area contributed by atoms with E-state index in [1.54, 1.807) is 23.0 Å². The van der Waals surface area contributed by atoms with E-state index in [0.717, 1.165) is 0 Å². The average Bonchev–Trinajstić information content (AvgIpc) is 3.12. The van der Waals surface area contributed by atoms with Gasteiger partial charge in [0.25, 0.3) is 5.91 Å². The summed E-state index contributed by atoms with van der Waals surface area (Å²) in [7, 11) is 0. The maximum Gasteiger partial charge on any atom is 0.387 e. The molecule has 3 aromatic rings. The summed E-state index contributed by atoms with van der Waals surface area (Å²) in [5.41, 5.74) is 0.824. The fraction of sp³-hybridized carbons (Fsp3) is 0.300. The lowest BCUT2D eigenvalue weighted by Crippen LogP contribution is -2.30. The molecule has 0 aliphatic rings. The molecule has 30 heavy (non-hydrogen) atoms. The van der Waals surface area contributed by atoms with Gasteiger partial charge in [0.15, 0.2) is 11.8 Å². The highest BCUT2D eigenvalue weighted by atomic mass is 19.3. The molecule has 10 heteroatoms. The molecular formula is C20H20F2N4O4. The topological polar surface area (TPSA) is 95.3 Å². The van der Waals surface area contributed by atoms with Gasteiger partial charge in [-0.05, 0) is 39.0 Å². The number of carbonyl (C=O) groups excluding carboxylic acids is 2. The van der Waals surface area contributed by atoms with Gasteiger partial charge in [-0.25, -0.2) is 14.5 Å². The van der Waals surface area contributed by atoms with Crippen molar-refractivity contribution in [1.29, 1.82) is 0 Å². The predicted molar refractivity (Wildman–Crippen MR) is 104 cm³/mol. The highest BCUT2D eigenvalue weighted by Gasteiger charge is 2.21. The van der Waals surface area contributed by atoms with Crippen molar-refractivity contribution >= 4 is 28.6 Å². The summed E-state index contributed by atoms with van der Waals surface area (Å²) in [5, 5.41) is 7.31. The second-order valence-electron chi connectivity index (χ2n) is 6.73. The van der Waals surface area contributed by atoms with E-state index in [1.165, 1.54) is 31.3 Å². The van der Waals surface area contributed by atoms with Crippen LogP contribution < -0.4 is 10.1 Å². The first-order valence-electron chi connectivity index (χ1n) is 9.15. The molecule has 1 atom stereocenters. The van der Waals surface area contributed by atoms with Crippen LogP contribution >= 0.6 is 0 Å². The molecule has 0 saturated carbocycles. The number of benzene rings is 1. The molecule has 0 aliphatic carbocycles. The maximum absolute atomic E-state index is 12.5. The van der Waals surface area contributed by atoms with Gasteiger partial charge < -0.3 is 14.8 Å². The number of carbonyl (C=O) groups is 2. The largest absolute Gasteiger partial charge is 0.449 e. The molecule has 8 nitrogen and oxygen atoms in total. The van der Waals surface area contributed by atoms with Crippen LogP contribution in [0.2, 0.25) is 0 Å². The first-order valence-corrected chi connectivity index (χ1v) is 9.15. The maximum atomic E-state index is 12.5. The van der Waals surface area contributed by atoms with Gasteiger partial charge in [-0.15, -0.1) is 0 Å². The van der Waals surface area contributed by atoms with Crippen molar-refractivity contribution in [2.45, 2.75) is 39.5 Å². The number of hydrogen-bond acceptors (Lipinski definition) is 6. The number of pyridine rings is 1. The summed E-state index contributed by atoms with van der Waals surface area (Å²) in [6.45, 7) is 2.25. The number of nitrogens with one attached hydrogen (secondary N) is 1. The lowest BCUT2D eigenvalue weighted by Gasteiger charge is -2.15. The lowest BCUT2D eigenvalue weighted by atomic mass is 10.2. The van der Waals surface area contributed by atoms with Crippen LogP contribution in [0.15, 0.2) is 42.7 Å². The zero-order valence-corrected chi connectivity index (χ0v) is 16.5. The molecule has 0 radical (unpaired) electrons. The highest BCUT2D eigenvalue weighted by molar-refractivity contribution is 5.99. The van der Waals surface area contributed by atoms with Crippen molar-refractivity contribution in [3.63, 3.8) is 0 Å². The molecule has 0 bridgehead atoms. The van der Waals surface area contributed by atoms with Gasteiger partial charge in [-0.3, -0.25) is 4.79 Å². The van der Waals surface area contributed by atoms with Crippen LogP contribution in [-0.2, 0) is 9.53 Å². The molecule has 2 heterocycles. The lowest BCUT2D eigenvalue weighted by molar-refractivity contribution is -0.123. The molecule has 3 rings (SSSR count). The summed E-state index contributed by atoms with van der Waals surface area (Å²) < 4.78 is 36.3. The highest BCUT2D eigenvalue weighted by Crippen LogP contribution is 2.26. The number of para-hydroxylation sites is 2. The predicted octanol–water partition coefficient (Wildman–Crippen LogP) is 3.80. The molecule has 1 unspecified atom stereocenters. The van der Waals surface area contributed by atoms with E-state index >= 15 is 0 Å². The normalized spacial score (nSPS) is 12.2. The molecule has 1 amide bonds. The van der Waals surface area contributed by atoms with Crippen LogP contribution in [0.3, 0.4) is 0 Å². The minimum atomic E-state index is -3.04. The molecule has 0 saturated heterocycles. The zero-order chi connectivity index (χ0) is 21.8. The van der Waals surface area contributed by atoms with Crippen molar-refractivity contribution < 1.29 is 27.8 Å². The van der Waals surface area contributed by atoms with Crippen LogP contribution in [0.4, 0.5) is 14.5 Å². The van der Waals surface area contributed by atoms with Crippen molar-refractivity contribution in [1.82, 2.24) is 14.8 Å². The molecule has 2 aromatic heterocycles. The number of alkyl halides is 2. The number of hydrogen-bond donors (Lipinski definition) is 1. The van der Waals surface area contributed by atoms with E-state index in [0.29, 0.717) is 11.0 Å².